The van der Waals surface area contributed by atoms with Gasteiger partial charge in [0.15, 0.2) is 0 Å². The Morgan fingerprint density at radius 2 is 2.20 bits per heavy atom. The molecule has 1 aromatic carbocycles. The van der Waals surface area contributed by atoms with Crippen molar-refractivity contribution in [1.29, 1.82) is 0 Å². The van der Waals surface area contributed by atoms with Gasteiger partial charge in [0, 0.05) is 6.54 Å². The van der Waals surface area contributed by atoms with Gasteiger partial charge < -0.3 is 16.2 Å². The van der Waals surface area contributed by atoms with E-state index in [0.29, 0.717) is 6.42 Å². The molecule has 15 heavy (non-hydrogen) atoms. The van der Waals surface area contributed by atoms with Gasteiger partial charge in [0.05, 0.1) is 0 Å². The predicted molar refractivity (Wildman–Crippen MR) is 58.5 cm³/mol. The minimum atomic E-state index is -0.964. The third kappa shape index (κ3) is 3.69. The molecule has 0 aliphatic rings. The van der Waals surface area contributed by atoms with E-state index in [1.165, 1.54) is 0 Å². The number of nitrogens with one attached hydrogen (secondary N) is 1. The molecule has 0 radical (unpaired) electrons. The third-order valence-corrected chi connectivity index (χ3v) is 2.15. The van der Waals surface area contributed by atoms with E-state index in [9.17, 15) is 4.79 Å². The molecule has 1 rings (SSSR count). The highest BCUT2D eigenvalue weighted by atomic mass is 16.4. The molecule has 0 aliphatic heterocycles. The van der Waals surface area contributed by atoms with Gasteiger partial charge in [0.2, 0.25) is 0 Å². The van der Waals surface area contributed by atoms with Crippen molar-refractivity contribution in [2.75, 3.05) is 7.05 Å². The Hall–Kier alpha value is -1.39. The second-order valence-corrected chi connectivity index (χ2v) is 3.50. The van der Waals surface area contributed by atoms with Crippen LogP contribution in [0.1, 0.15) is 11.1 Å². The van der Waals surface area contributed by atoms with Crippen LogP contribution >= 0.6 is 0 Å². The SMILES string of the molecule is CNCc1cccc(C[C@H](N)C(=O)O)c1. The van der Waals surface area contributed by atoms with Gasteiger partial charge in [-0.05, 0) is 24.6 Å². The maximum absolute atomic E-state index is 10.6. The van der Waals surface area contributed by atoms with Crippen LogP contribution in [-0.4, -0.2) is 24.2 Å². The number of carbonyl (C=O) groups is 1. The second-order valence-electron chi connectivity index (χ2n) is 3.50. The molecule has 1 atom stereocenters. The van der Waals surface area contributed by atoms with Crippen molar-refractivity contribution < 1.29 is 9.90 Å². The molecule has 0 saturated carbocycles. The Balaban J connectivity index is 2.68. The molecule has 0 heterocycles. The van der Waals surface area contributed by atoms with Crippen molar-refractivity contribution in [3.63, 3.8) is 0 Å². The minimum Gasteiger partial charge on any atom is -0.480 e. The molecule has 0 bridgehead atoms. The lowest BCUT2D eigenvalue weighted by Crippen LogP contribution is -2.32. The average molecular weight is 208 g/mol. The van der Waals surface area contributed by atoms with Crippen LogP contribution in [0.4, 0.5) is 0 Å². The quantitative estimate of drug-likeness (QED) is 0.653. The first kappa shape index (κ1) is 11.7. The van der Waals surface area contributed by atoms with Crippen LogP contribution in [0.25, 0.3) is 0 Å². The lowest BCUT2D eigenvalue weighted by atomic mass is 10.0. The number of nitrogens with two attached hydrogens (primary N) is 1. The van der Waals surface area contributed by atoms with E-state index in [-0.39, 0.29) is 0 Å². The number of carboxylic acids is 1. The Morgan fingerprint density at radius 1 is 1.53 bits per heavy atom. The standard InChI is InChI=1S/C11H16N2O2/c1-13-7-9-4-2-3-8(5-9)6-10(12)11(14)15/h2-5,10,13H,6-7,12H2,1H3,(H,14,15)/t10-/m0/s1. The van der Waals surface area contributed by atoms with Gasteiger partial charge in [-0.2, -0.15) is 0 Å². The normalized spacial score (nSPS) is 12.4. The van der Waals surface area contributed by atoms with E-state index < -0.39 is 12.0 Å². The summed E-state index contributed by atoms with van der Waals surface area (Å²) >= 11 is 0. The second kappa shape index (κ2) is 5.48. The first-order valence-corrected chi connectivity index (χ1v) is 4.84. The van der Waals surface area contributed by atoms with Gasteiger partial charge in [0.1, 0.15) is 6.04 Å². The first-order valence-electron chi connectivity index (χ1n) is 4.84. The maximum Gasteiger partial charge on any atom is 0.320 e. The number of aliphatic carboxylic acids is 1. The van der Waals surface area contributed by atoms with E-state index in [2.05, 4.69) is 5.32 Å². The summed E-state index contributed by atoms with van der Waals surface area (Å²) in [5.74, 6) is -0.964. The van der Waals surface area contributed by atoms with Crippen molar-refractivity contribution in [3.8, 4) is 0 Å². The lowest BCUT2D eigenvalue weighted by Gasteiger charge is -2.08. The van der Waals surface area contributed by atoms with Gasteiger partial charge in [-0.1, -0.05) is 24.3 Å². The summed E-state index contributed by atoms with van der Waals surface area (Å²) in [5, 5.41) is 11.7. The molecule has 0 fully saturated rings. The zero-order valence-corrected chi connectivity index (χ0v) is 8.73. The van der Waals surface area contributed by atoms with Crippen LogP contribution in [0.5, 0.6) is 0 Å². The molecule has 0 amide bonds. The fourth-order valence-electron chi connectivity index (χ4n) is 1.41. The Morgan fingerprint density at radius 3 is 2.80 bits per heavy atom. The van der Waals surface area contributed by atoms with E-state index in [4.69, 9.17) is 10.8 Å². The van der Waals surface area contributed by atoms with Crippen molar-refractivity contribution >= 4 is 5.97 Å². The average Bonchev–Trinajstić information content (AvgIpc) is 2.18. The Kier molecular flexibility index (Phi) is 4.27. The summed E-state index contributed by atoms with van der Waals surface area (Å²) < 4.78 is 0. The fraction of sp³-hybridized carbons (Fsp3) is 0.364. The molecule has 4 heteroatoms. The van der Waals surface area contributed by atoms with Gasteiger partial charge in [-0.3, -0.25) is 4.79 Å². The van der Waals surface area contributed by atoms with E-state index in [0.717, 1.165) is 17.7 Å². The third-order valence-electron chi connectivity index (χ3n) is 2.15. The Bertz CT molecular complexity index is 339. The topological polar surface area (TPSA) is 75.3 Å². The van der Waals surface area contributed by atoms with Crippen LogP contribution in [-0.2, 0) is 17.8 Å². The van der Waals surface area contributed by atoms with Crippen LogP contribution in [0.2, 0.25) is 0 Å². The zero-order chi connectivity index (χ0) is 11.3. The first-order chi connectivity index (χ1) is 7.13. The molecule has 0 aliphatic carbocycles. The summed E-state index contributed by atoms with van der Waals surface area (Å²) in [6.07, 6.45) is 0.368. The van der Waals surface area contributed by atoms with E-state index in [1.807, 2.05) is 31.3 Å². The Labute approximate surface area is 89.1 Å². The van der Waals surface area contributed by atoms with Gasteiger partial charge in [0.25, 0.3) is 0 Å². The molecule has 1 aromatic rings. The van der Waals surface area contributed by atoms with Crippen LogP contribution in [0.3, 0.4) is 0 Å². The molecule has 82 valence electrons. The van der Waals surface area contributed by atoms with Crippen LogP contribution in [0.15, 0.2) is 24.3 Å². The van der Waals surface area contributed by atoms with E-state index >= 15 is 0 Å². The van der Waals surface area contributed by atoms with Crippen molar-refractivity contribution in [2.24, 2.45) is 5.73 Å². The van der Waals surface area contributed by atoms with Crippen molar-refractivity contribution in [1.82, 2.24) is 5.32 Å². The summed E-state index contributed by atoms with van der Waals surface area (Å²) in [7, 11) is 1.87. The largest absolute Gasteiger partial charge is 0.480 e. The number of hydrogen-bond donors (Lipinski definition) is 3. The van der Waals surface area contributed by atoms with E-state index in [1.54, 1.807) is 0 Å². The summed E-state index contributed by atoms with van der Waals surface area (Å²) in [6.45, 7) is 0.774. The van der Waals surface area contributed by atoms with Gasteiger partial charge >= 0.3 is 5.97 Å². The summed E-state index contributed by atoms with van der Waals surface area (Å²) in [5.41, 5.74) is 7.55. The molecule has 0 spiro atoms. The molecule has 4 nitrogen and oxygen atoms in total. The van der Waals surface area contributed by atoms with Crippen LogP contribution in [0, 0.1) is 0 Å². The molecule has 0 saturated heterocycles. The zero-order valence-electron chi connectivity index (χ0n) is 8.73. The lowest BCUT2D eigenvalue weighted by molar-refractivity contribution is -0.138. The smallest absolute Gasteiger partial charge is 0.320 e. The highest BCUT2D eigenvalue weighted by molar-refractivity contribution is 5.73. The predicted octanol–water partition coefficient (Wildman–Crippen LogP) is 0.360. The molecule has 4 N–H and O–H groups in total. The van der Waals surface area contributed by atoms with Crippen LogP contribution < -0.4 is 11.1 Å². The highest BCUT2D eigenvalue weighted by Crippen LogP contribution is 2.07. The molecular weight excluding hydrogens is 192 g/mol. The number of carboxylic acid groups (broad SMARTS) is 1. The van der Waals surface area contributed by atoms with Crippen molar-refractivity contribution in [2.45, 2.75) is 19.0 Å². The van der Waals surface area contributed by atoms with Gasteiger partial charge in [-0.15, -0.1) is 0 Å². The summed E-state index contributed by atoms with van der Waals surface area (Å²) in [4.78, 5) is 10.6. The number of benzene rings is 1. The van der Waals surface area contributed by atoms with Crippen molar-refractivity contribution in [3.05, 3.63) is 35.4 Å². The summed E-state index contributed by atoms with van der Waals surface area (Å²) in [6, 6.07) is 6.94. The van der Waals surface area contributed by atoms with Gasteiger partial charge in [-0.25, -0.2) is 0 Å². The molecular formula is C11H16N2O2. The highest BCUT2D eigenvalue weighted by Gasteiger charge is 2.11. The number of hydrogen-bond acceptors (Lipinski definition) is 3. The fourth-order valence-corrected chi connectivity index (χ4v) is 1.41. The monoisotopic (exact) mass is 208 g/mol. The maximum atomic E-state index is 10.6. The minimum absolute atomic E-state index is 0.368. The molecule has 0 unspecified atom stereocenters. The number of rotatable bonds is 5. The molecule has 0 aromatic heterocycles.